The molecule has 4 nitrogen and oxygen atoms in total. The zero-order valence-electron chi connectivity index (χ0n) is 9.65. The number of nitrogens with zero attached hydrogens (tertiary/aromatic N) is 1. The number of fused-ring (bicyclic) bond motifs is 1. The fourth-order valence-corrected chi connectivity index (χ4v) is 2.91. The molecular formula is C12H13N3OS. The van der Waals surface area contributed by atoms with Crippen molar-refractivity contribution in [3.8, 4) is 16.9 Å². The van der Waals surface area contributed by atoms with Gasteiger partial charge in [0.1, 0.15) is 11.6 Å². The van der Waals surface area contributed by atoms with Crippen molar-refractivity contribution < 1.29 is 4.74 Å². The van der Waals surface area contributed by atoms with Crippen molar-refractivity contribution in [2.75, 3.05) is 5.73 Å². The van der Waals surface area contributed by atoms with Gasteiger partial charge in [0, 0.05) is 5.56 Å². The first kappa shape index (κ1) is 10.5. The first-order valence-corrected chi connectivity index (χ1v) is 6.18. The van der Waals surface area contributed by atoms with Gasteiger partial charge in [-0.1, -0.05) is 17.8 Å². The molecule has 3 rings (SSSR count). The quantitative estimate of drug-likeness (QED) is 0.813. The van der Waals surface area contributed by atoms with Gasteiger partial charge < -0.3 is 10.5 Å². The molecule has 2 aromatic rings. The van der Waals surface area contributed by atoms with Gasteiger partial charge in [-0.15, -0.1) is 0 Å². The monoisotopic (exact) mass is 247 g/mol. The summed E-state index contributed by atoms with van der Waals surface area (Å²) in [5, 5.41) is 6.66. The molecule has 3 N–H and O–H groups in total. The van der Waals surface area contributed by atoms with E-state index in [0.29, 0.717) is 5.82 Å². The molecule has 5 heteroatoms. The Morgan fingerprint density at radius 1 is 1.41 bits per heavy atom. The number of nitrogen functional groups attached to an aromatic ring is 1. The lowest BCUT2D eigenvalue weighted by Gasteiger charge is -2.15. The van der Waals surface area contributed by atoms with E-state index in [1.807, 2.05) is 12.1 Å². The molecule has 1 aliphatic rings. The standard InChI is InChI=1S/C12H13N3OS/c1-12(2)16-9-5-7(3-4-10(9)17-12)8-6-14-15-11(8)13/h3-6H,1-2H3,(H3,13,14,15). The minimum absolute atomic E-state index is 0.192. The van der Waals surface area contributed by atoms with Crippen LogP contribution in [0.15, 0.2) is 29.3 Å². The Morgan fingerprint density at radius 2 is 2.24 bits per heavy atom. The Balaban J connectivity index is 2.05. The van der Waals surface area contributed by atoms with E-state index in [2.05, 4.69) is 30.1 Å². The van der Waals surface area contributed by atoms with E-state index in [1.54, 1.807) is 18.0 Å². The summed E-state index contributed by atoms with van der Waals surface area (Å²) in [6.45, 7) is 4.12. The average molecular weight is 247 g/mol. The third kappa shape index (κ3) is 1.76. The zero-order valence-corrected chi connectivity index (χ0v) is 10.5. The topological polar surface area (TPSA) is 63.9 Å². The lowest BCUT2D eigenvalue weighted by Crippen LogP contribution is -2.17. The van der Waals surface area contributed by atoms with E-state index in [9.17, 15) is 0 Å². The maximum atomic E-state index is 5.86. The predicted octanol–water partition coefficient (Wildman–Crippen LogP) is 2.88. The highest BCUT2D eigenvalue weighted by molar-refractivity contribution is 8.00. The highest BCUT2D eigenvalue weighted by Gasteiger charge is 2.31. The number of aromatic amines is 1. The molecule has 0 atom stereocenters. The first-order valence-electron chi connectivity index (χ1n) is 5.36. The normalized spacial score (nSPS) is 16.6. The summed E-state index contributed by atoms with van der Waals surface area (Å²) in [7, 11) is 0. The molecular weight excluding hydrogens is 234 g/mol. The molecule has 0 aliphatic carbocycles. The summed E-state index contributed by atoms with van der Waals surface area (Å²) in [5.41, 5.74) is 7.74. The second kappa shape index (κ2) is 3.43. The molecule has 1 aromatic heterocycles. The van der Waals surface area contributed by atoms with E-state index >= 15 is 0 Å². The molecule has 17 heavy (non-hydrogen) atoms. The number of thioether (sulfide) groups is 1. The third-order valence-electron chi connectivity index (χ3n) is 2.64. The van der Waals surface area contributed by atoms with Crippen molar-refractivity contribution in [1.29, 1.82) is 0 Å². The smallest absolute Gasteiger partial charge is 0.153 e. The maximum absolute atomic E-state index is 5.86. The van der Waals surface area contributed by atoms with Gasteiger partial charge in [0.2, 0.25) is 0 Å². The third-order valence-corrected chi connectivity index (χ3v) is 3.77. The Labute approximate surface area is 104 Å². The number of rotatable bonds is 1. The Bertz CT molecular complexity index is 577. The van der Waals surface area contributed by atoms with Crippen LogP contribution in [0.2, 0.25) is 0 Å². The van der Waals surface area contributed by atoms with Gasteiger partial charge in [-0.05, 0) is 31.5 Å². The summed E-state index contributed by atoms with van der Waals surface area (Å²) >= 11 is 1.73. The van der Waals surface area contributed by atoms with Crippen LogP contribution in [0.3, 0.4) is 0 Å². The lowest BCUT2D eigenvalue weighted by atomic mass is 10.1. The predicted molar refractivity (Wildman–Crippen MR) is 69.0 cm³/mol. The Kier molecular flexibility index (Phi) is 2.13. The van der Waals surface area contributed by atoms with Gasteiger partial charge in [0.25, 0.3) is 0 Å². The molecule has 0 spiro atoms. The van der Waals surface area contributed by atoms with Crippen molar-refractivity contribution in [2.24, 2.45) is 0 Å². The molecule has 0 amide bonds. The number of hydrogen-bond acceptors (Lipinski definition) is 4. The van der Waals surface area contributed by atoms with Gasteiger partial charge in [-0.25, -0.2) is 0 Å². The second-order valence-corrected chi connectivity index (χ2v) is 6.09. The van der Waals surface area contributed by atoms with Gasteiger partial charge >= 0.3 is 0 Å². The van der Waals surface area contributed by atoms with Crippen LogP contribution in [-0.4, -0.2) is 15.1 Å². The van der Waals surface area contributed by atoms with Crippen molar-refractivity contribution in [1.82, 2.24) is 10.2 Å². The lowest BCUT2D eigenvalue weighted by molar-refractivity contribution is 0.215. The van der Waals surface area contributed by atoms with Crippen LogP contribution in [0.25, 0.3) is 11.1 Å². The Morgan fingerprint density at radius 3 is 2.94 bits per heavy atom. The molecule has 88 valence electrons. The van der Waals surface area contributed by atoms with Crippen LogP contribution >= 0.6 is 11.8 Å². The van der Waals surface area contributed by atoms with E-state index in [4.69, 9.17) is 10.5 Å². The van der Waals surface area contributed by atoms with Crippen LogP contribution in [0.1, 0.15) is 13.8 Å². The van der Waals surface area contributed by atoms with E-state index in [0.717, 1.165) is 16.9 Å². The molecule has 0 unspecified atom stereocenters. The fourth-order valence-electron chi connectivity index (χ4n) is 1.92. The molecule has 0 fully saturated rings. The minimum atomic E-state index is -0.192. The molecule has 2 heterocycles. The number of benzene rings is 1. The summed E-state index contributed by atoms with van der Waals surface area (Å²) in [5.74, 6) is 1.49. The molecule has 0 bridgehead atoms. The van der Waals surface area contributed by atoms with Crippen LogP contribution in [-0.2, 0) is 0 Å². The van der Waals surface area contributed by atoms with Crippen molar-refractivity contribution >= 4 is 17.6 Å². The van der Waals surface area contributed by atoms with E-state index < -0.39 is 0 Å². The molecule has 0 radical (unpaired) electrons. The number of hydrogen-bond donors (Lipinski definition) is 2. The van der Waals surface area contributed by atoms with Crippen molar-refractivity contribution in [3.05, 3.63) is 24.4 Å². The zero-order chi connectivity index (χ0) is 12.0. The van der Waals surface area contributed by atoms with Gasteiger partial charge in [0.05, 0.1) is 11.1 Å². The van der Waals surface area contributed by atoms with Gasteiger partial charge in [-0.2, -0.15) is 5.10 Å². The van der Waals surface area contributed by atoms with Crippen molar-refractivity contribution in [2.45, 2.75) is 23.7 Å². The summed E-state index contributed by atoms with van der Waals surface area (Å²) in [6.07, 6.45) is 1.73. The van der Waals surface area contributed by atoms with Crippen molar-refractivity contribution in [3.63, 3.8) is 0 Å². The highest BCUT2D eigenvalue weighted by Crippen LogP contribution is 2.48. The summed E-state index contributed by atoms with van der Waals surface area (Å²) in [4.78, 5) is 0.976. The SMILES string of the molecule is CC1(C)Oc2cc(-c3cn[nH]c3N)ccc2S1. The number of nitrogens with one attached hydrogen (secondary N) is 1. The largest absolute Gasteiger partial charge is 0.476 e. The maximum Gasteiger partial charge on any atom is 0.153 e. The number of ether oxygens (including phenoxy) is 1. The van der Waals surface area contributed by atoms with Crippen LogP contribution in [0.5, 0.6) is 5.75 Å². The minimum Gasteiger partial charge on any atom is -0.476 e. The summed E-state index contributed by atoms with van der Waals surface area (Å²) < 4.78 is 5.86. The van der Waals surface area contributed by atoms with Crippen LogP contribution in [0, 0.1) is 0 Å². The van der Waals surface area contributed by atoms with Gasteiger partial charge in [0.15, 0.2) is 4.93 Å². The van der Waals surface area contributed by atoms with Gasteiger partial charge in [-0.3, -0.25) is 5.10 Å². The molecule has 1 aliphatic heterocycles. The van der Waals surface area contributed by atoms with E-state index in [-0.39, 0.29) is 4.93 Å². The van der Waals surface area contributed by atoms with E-state index in [1.165, 1.54) is 4.90 Å². The number of H-pyrrole nitrogens is 1. The fraction of sp³-hybridized carbons (Fsp3) is 0.250. The first-order chi connectivity index (χ1) is 8.05. The number of aromatic nitrogens is 2. The molecule has 1 aromatic carbocycles. The second-order valence-electron chi connectivity index (χ2n) is 4.46. The van der Waals surface area contributed by atoms with Crippen LogP contribution < -0.4 is 10.5 Å². The highest BCUT2D eigenvalue weighted by atomic mass is 32.2. The van der Waals surface area contributed by atoms with Crippen LogP contribution in [0.4, 0.5) is 5.82 Å². The average Bonchev–Trinajstić information content (AvgIpc) is 2.78. The number of nitrogens with two attached hydrogens (primary N) is 1. The Hall–Kier alpha value is -1.62. The number of anilines is 1. The molecule has 0 saturated heterocycles. The molecule has 0 saturated carbocycles. The summed E-state index contributed by atoms with van der Waals surface area (Å²) in [6, 6.07) is 6.12.